The molecule has 64 valence electrons. The highest BCUT2D eigenvalue weighted by Crippen LogP contribution is 2.33. The number of benzene rings is 1. The number of halogens is 1. The molecule has 2 N–H and O–H groups in total. The third kappa shape index (κ3) is 1.28. The fourth-order valence-electron chi connectivity index (χ4n) is 1.41. The lowest BCUT2D eigenvalue weighted by atomic mass is 10.0. The van der Waals surface area contributed by atoms with E-state index in [1.54, 1.807) is 0 Å². The fourth-order valence-corrected chi connectivity index (χ4v) is 1.69. The molecule has 0 saturated carbocycles. The molecule has 1 aromatic rings. The van der Waals surface area contributed by atoms with Crippen LogP contribution in [0.15, 0.2) is 24.3 Å². The minimum absolute atomic E-state index is 0.0115. The summed E-state index contributed by atoms with van der Waals surface area (Å²) < 4.78 is 5.39. The molecule has 1 aromatic carbocycles. The lowest BCUT2D eigenvalue weighted by molar-refractivity contribution is 0.231. The van der Waals surface area contributed by atoms with Gasteiger partial charge in [-0.1, -0.05) is 29.8 Å². The summed E-state index contributed by atoms with van der Waals surface area (Å²) >= 11 is 5.84. The Morgan fingerprint density at radius 1 is 1.42 bits per heavy atom. The normalized spacial score (nSPS) is 27.5. The molecule has 0 bridgehead atoms. The standard InChI is InChI=1S/C9H10ClNO/c10-9-5-7(11)6-3-1-2-4-8(6)12-9/h1-4,7,9H,5,11H2/t7-,9+/m0/s1. The lowest BCUT2D eigenvalue weighted by Gasteiger charge is -2.26. The predicted octanol–water partition coefficient (Wildman–Crippen LogP) is 2.03. The Hall–Kier alpha value is -0.730. The molecule has 0 spiro atoms. The monoisotopic (exact) mass is 183 g/mol. The van der Waals surface area contributed by atoms with Crippen molar-refractivity contribution in [2.24, 2.45) is 5.73 Å². The van der Waals surface area contributed by atoms with Crippen molar-refractivity contribution in [3.8, 4) is 5.75 Å². The zero-order valence-corrected chi connectivity index (χ0v) is 7.29. The van der Waals surface area contributed by atoms with Crippen LogP contribution in [0.1, 0.15) is 18.0 Å². The Balaban J connectivity index is 2.40. The van der Waals surface area contributed by atoms with E-state index in [1.165, 1.54) is 0 Å². The van der Waals surface area contributed by atoms with Crippen molar-refractivity contribution in [3.05, 3.63) is 29.8 Å². The Morgan fingerprint density at radius 2 is 2.17 bits per heavy atom. The SMILES string of the molecule is N[C@H]1C[C@H](Cl)Oc2ccccc21. The number of hydrogen-bond donors (Lipinski definition) is 1. The largest absolute Gasteiger partial charge is 0.474 e. The fraction of sp³-hybridized carbons (Fsp3) is 0.333. The van der Waals surface area contributed by atoms with E-state index in [1.807, 2.05) is 24.3 Å². The van der Waals surface area contributed by atoms with Gasteiger partial charge in [-0.3, -0.25) is 0 Å². The summed E-state index contributed by atoms with van der Waals surface area (Å²) in [7, 11) is 0. The molecule has 1 aliphatic heterocycles. The van der Waals surface area contributed by atoms with Crippen molar-refractivity contribution >= 4 is 11.6 Å². The number of ether oxygens (including phenoxy) is 1. The van der Waals surface area contributed by atoms with Crippen LogP contribution in [0, 0.1) is 0 Å². The van der Waals surface area contributed by atoms with Gasteiger partial charge in [0, 0.05) is 18.0 Å². The first-order chi connectivity index (χ1) is 5.77. The third-order valence-electron chi connectivity index (χ3n) is 2.01. The van der Waals surface area contributed by atoms with Crippen LogP contribution in [-0.2, 0) is 0 Å². The van der Waals surface area contributed by atoms with E-state index in [4.69, 9.17) is 22.1 Å². The summed E-state index contributed by atoms with van der Waals surface area (Å²) in [5, 5.41) is 0. The number of fused-ring (bicyclic) bond motifs is 1. The van der Waals surface area contributed by atoms with Crippen LogP contribution < -0.4 is 10.5 Å². The molecule has 0 amide bonds. The van der Waals surface area contributed by atoms with Crippen LogP contribution in [-0.4, -0.2) is 5.56 Å². The molecule has 0 aromatic heterocycles. The molecule has 0 saturated heterocycles. The van der Waals surface area contributed by atoms with E-state index in [-0.39, 0.29) is 11.6 Å². The van der Waals surface area contributed by atoms with Gasteiger partial charge in [0.25, 0.3) is 0 Å². The van der Waals surface area contributed by atoms with Crippen LogP contribution in [0.25, 0.3) is 0 Å². The quantitative estimate of drug-likeness (QED) is 0.625. The maximum absolute atomic E-state index is 5.87. The Bertz CT molecular complexity index is 290. The summed E-state index contributed by atoms with van der Waals surface area (Å²) in [5.41, 5.74) is 6.64. The Morgan fingerprint density at radius 3 is 3.00 bits per heavy atom. The maximum Gasteiger partial charge on any atom is 0.174 e. The highest BCUT2D eigenvalue weighted by atomic mass is 35.5. The second-order valence-electron chi connectivity index (χ2n) is 2.91. The Labute approximate surface area is 76.3 Å². The molecule has 1 aliphatic rings. The molecule has 2 rings (SSSR count). The second kappa shape index (κ2) is 2.96. The van der Waals surface area contributed by atoms with E-state index in [0.29, 0.717) is 6.42 Å². The van der Waals surface area contributed by atoms with Crippen molar-refractivity contribution in [2.75, 3.05) is 0 Å². The predicted molar refractivity (Wildman–Crippen MR) is 48.3 cm³/mol. The van der Waals surface area contributed by atoms with Crippen LogP contribution in [0.2, 0.25) is 0 Å². The van der Waals surface area contributed by atoms with Gasteiger partial charge in [0.2, 0.25) is 0 Å². The zero-order chi connectivity index (χ0) is 8.55. The minimum atomic E-state index is -0.283. The molecule has 0 unspecified atom stereocenters. The summed E-state index contributed by atoms with van der Waals surface area (Å²) in [4.78, 5) is 0. The van der Waals surface area contributed by atoms with Crippen molar-refractivity contribution in [3.63, 3.8) is 0 Å². The van der Waals surface area contributed by atoms with Gasteiger partial charge in [0.05, 0.1) is 0 Å². The maximum atomic E-state index is 5.87. The second-order valence-corrected chi connectivity index (χ2v) is 3.39. The minimum Gasteiger partial charge on any atom is -0.474 e. The molecule has 0 radical (unpaired) electrons. The molecule has 1 heterocycles. The summed E-state index contributed by atoms with van der Waals surface area (Å²) in [6.07, 6.45) is 0.679. The van der Waals surface area contributed by atoms with Gasteiger partial charge < -0.3 is 10.5 Å². The molecular formula is C9H10ClNO. The number of alkyl halides is 1. The lowest BCUT2D eigenvalue weighted by Crippen LogP contribution is -2.25. The Kier molecular flexibility index (Phi) is 1.95. The first-order valence-corrected chi connectivity index (χ1v) is 4.36. The van der Waals surface area contributed by atoms with Gasteiger partial charge in [-0.25, -0.2) is 0 Å². The van der Waals surface area contributed by atoms with Gasteiger partial charge in [-0.05, 0) is 6.07 Å². The van der Waals surface area contributed by atoms with Gasteiger partial charge in [-0.15, -0.1) is 0 Å². The van der Waals surface area contributed by atoms with Gasteiger partial charge in [-0.2, -0.15) is 0 Å². The van der Waals surface area contributed by atoms with E-state index >= 15 is 0 Å². The molecular weight excluding hydrogens is 174 g/mol. The topological polar surface area (TPSA) is 35.2 Å². The first-order valence-electron chi connectivity index (χ1n) is 3.92. The first kappa shape index (κ1) is 7.90. The van der Waals surface area contributed by atoms with Crippen molar-refractivity contribution in [1.29, 1.82) is 0 Å². The number of nitrogens with two attached hydrogens (primary N) is 1. The smallest absolute Gasteiger partial charge is 0.174 e. The average molecular weight is 184 g/mol. The highest BCUT2D eigenvalue weighted by Gasteiger charge is 2.23. The molecule has 2 atom stereocenters. The van der Waals surface area contributed by atoms with Crippen LogP contribution in [0.3, 0.4) is 0 Å². The van der Waals surface area contributed by atoms with E-state index in [0.717, 1.165) is 11.3 Å². The molecule has 3 heteroatoms. The van der Waals surface area contributed by atoms with Crippen molar-refractivity contribution in [2.45, 2.75) is 18.0 Å². The van der Waals surface area contributed by atoms with Crippen LogP contribution >= 0.6 is 11.6 Å². The number of hydrogen-bond acceptors (Lipinski definition) is 2. The van der Waals surface area contributed by atoms with E-state index in [2.05, 4.69) is 0 Å². The summed E-state index contributed by atoms with van der Waals surface area (Å²) in [5.74, 6) is 0.816. The number of para-hydroxylation sites is 1. The molecule has 0 aliphatic carbocycles. The molecule has 12 heavy (non-hydrogen) atoms. The highest BCUT2D eigenvalue weighted by molar-refractivity contribution is 6.20. The third-order valence-corrected chi connectivity index (χ3v) is 2.28. The van der Waals surface area contributed by atoms with Crippen LogP contribution in [0.5, 0.6) is 5.75 Å². The summed E-state index contributed by atoms with van der Waals surface area (Å²) in [6, 6.07) is 7.75. The molecule has 0 fully saturated rings. The van der Waals surface area contributed by atoms with Gasteiger partial charge in [0.15, 0.2) is 5.56 Å². The average Bonchev–Trinajstić information content (AvgIpc) is 2.04. The van der Waals surface area contributed by atoms with E-state index < -0.39 is 0 Å². The van der Waals surface area contributed by atoms with Gasteiger partial charge in [0.1, 0.15) is 5.75 Å². The molecule has 2 nitrogen and oxygen atoms in total. The van der Waals surface area contributed by atoms with Crippen molar-refractivity contribution < 1.29 is 4.74 Å². The van der Waals surface area contributed by atoms with Gasteiger partial charge >= 0.3 is 0 Å². The van der Waals surface area contributed by atoms with E-state index in [9.17, 15) is 0 Å². The zero-order valence-electron chi connectivity index (χ0n) is 6.53. The summed E-state index contributed by atoms with van der Waals surface area (Å²) in [6.45, 7) is 0. The van der Waals surface area contributed by atoms with Crippen molar-refractivity contribution in [1.82, 2.24) is 0 Å². The van der Waals surface area contributed by atoms with Crippen LogP contribution in [0.4, 0.5) is 0 Å². The number of rotatable bonds is 0.